The van der Waals surface area contributed by atoms with E-state index in [2.05, 4.69) is 29.0 Å². The van der Waals surface area contributed by atoms with Gasteiger partial charge in [0.25, 0.3) is 0 Å². The number of hydrogen-bond donors (Lipinski definition) is 1. The van der Waals surface area contributed by atoms with Gasteiger partial charge in [-0.25, -0.2) is 0 Å². The zero-order chi connectivity index (χ0) is 18.8. The van der Waals surface area contributed by atoms with Crippen LogP contribution in [0.4, 0.5) is 0 Å². The van der Waals surface area contributed by atoms with Crippen molar-refractivity contribution < 1.29 is 14.3 Å². The van der Waals surface area contributed by atoms with Crippen LogP contribution in [0.3, 0.4) is 0 Å². The Morgan fingerprint density at radius 1 is 1.04 bits per heavy atom. The number of carbonyl (C=O) groups is 1. The molecule has 6 nitrogen and oxygen atoms in total. The van der Waals surface area contributed by atoms with Gasteiger partial charge in [-0.2, -0.15) is 0 Å². The molecule has 0 saturated carbocycles. The Morgan fingerprint density at radius 3 is 2.19 bits per heavy atom. The largest absolute Gasteiger partial charge is 0.494 e. The van der Waals surface area contributed by atoms with Crippen molar-refractivity contribution in [3.05, 3.63) is 24.3 Å². The summed E-state index contributed by atoms with van der Waals surface area (Å²) in [5.41, 5.74) is 0. The molecule has 0 radical (unpaired) electrons. The number of ether oxygens (including phenoxy) is 2. The van der Waals surface area contributed by atoms with E-state index in [1.54, 1.807) is 0 Å². The van der Waals surface area contributed by atoms with Crippen LogP contribution in [0.25, 0.3) is 0 Å². The monoisotopic (exact) mass is 363 g/mol. The lowest BCUT2D eigenvalue weighted by atomic mass is 10.2. The summed E-state index contributed by atoms with van der Waals surface area (Å²) in [6, 6.07) is 7.53. The molecule has 0 atom stereocenters. The van der Waals surface area contributed by atoms with Crippen molar-refractivity contribution in [2.45, 2.75) is 20.8 Å². The molecule has 2 rings (SSSR count). The van der Waals surface area contributed by atoms with E-state index < -0.39 is 0 Å². The van der Waals surface area contributed by atoms with E-state index in [4.69, 9.17) is 9.47 Å². The third-order valence-corrected chi connectivity index (χ3v) is 4.28. The second-order valence-electron chi connectivity index (χ2n) is 7.07. The number of nitrogens with one attached hydrogen (secondary N) is 1. The van der Waals surface area contributed by atoms with Gasteiger partial charge in [0.2, 0.25) is 5.91 Å². The van der Waals surface area contributed by atoms with E-state index in [0.29, 0.717) is 32.2 Å². The molecule has 1 amide bonds. The normalized spacial score (nSPS) is 15.8. The molecule has 1 heterocycles. The van der Waals surface area contributed by atoms with Gasteiger partial charge in [0, 0.05) is 32.7 Å². The number of benzene rings is 1. The van der Waals surface area contributed by atoms with Crippen molar-refractivity contribution in [3.63, 3.8) is 0 Å². The van der Waals surface area contributed by atoms with E-state index in [-0.39, 0.29) is 5.91 Å². The molecule has 1 aromatic rings. The first kappa shape index (κ1) is 20.5. The lowest BCUT2D eigenvalue weighted by molar-refractivity contribution is -0.122. The maximum absolute atomic E-state index is 12.1. The topological polar surface area (TPSA) is 54.0 Å². The summed E-state index contributed by atoms with van der Waals surface area (Å²) in [4.78, 5) is 16.8. The van der Waals surface area contributed by atoms with Gasteiger partial charge in [-0.1, -0.05) is 13.8 Å². The number of piperazine rings is 1. The predicted molar refractivity (Wildman–Crippen MR) is 104 cm³/mol. The Labute approximate surface area is 157 Å². The van der Waals surface area contributed by atoms with Crippen molar-refractivity contribution in [2.75, 3.05) is 59.0 Å². The highest BCUT2D eigenvalue weighted by Gasteiger charge is 2.19. The molecule has 1 saturated heterocycles. The summed E-state index contributed by atoms with van der Waals surface area (Å²) in [6.45, 7) is 13.7. The summed E-state index contributed by atoms with van der Waals surface area (Å²) in [5.74, 6) is 2.38. The maximum Gasteiger partial charge on any atom is 0.234 e. The molecule has 0 aromatic heterocycles. The Morgan fingerprint density at radius 2 is 1.62 bits per heavy atom. The Bertz CT molecular complexity index is 526. The minimum Gasteiger partial charge on any atom is -0.494 e. The van der Waals surface area contributed by atoms with E-state index >= 15 is 0 Å². The zero-order valence-electron chi connectivity index (χ0n) is 16.4. The highest BCUT2D eigenvalue weighted by Crippen LogP contribution is 2.17. The molecule has 1 aromatic carbocycles. The van der Waals surface area contributed by atoms with Gasteiger partial charge in [0.05, 0.1) is 19.7 Å². The van der Waals surface area contributed by atoms with Gasteiger partial charge in [-0.15, -0.1) is 0 Å². The number of nitrogens with zero attached hydrogens (tertiary/aromatic N) is 2. The SMILES string of the molecule is CCOc1ccc(OCCNC(=O)CN2CCN(CC(C)C)CC2)cc1. The van der Waals surface area contributed by atoms with Gasteiger partial charge >= 0.3 is 0 Å². The maximum atomic E-state index is 12.1. The first-order chi connectivity index (χ1) is 12.6. The molecule has 0 spiro atoms. The third kappa shape index (κ3) is 7.62. The zero-order valence-corrected chi connectivity index (χ0v) is 16.4. The minimum absolute atomic E-state index is 0.0672. The fourth-order valence-electron chi connectivity index (χ4n) is 3.06. The highest BCUT2D eigenvalue weighted by molar-refractivity contribution is 5.78. The molecule has 0 aliphatic carbocycles. The molecular formula is C20H33N3O3. The van der Waals surface area contributed by atoms with Crippen LogP contribution < -0.4 is 14.8 Å². The van der Waals surface area contributed by atoms with Crippen LogP contribution in [0.1, 0.15) is 20.8 Å². The van der Waals surface area contributed by atoms with Crippen LogP contribution in [0.2, 0.25) is 0 Å². The molecule has 1 N–H and O–H groups in total. The van der Waals surface area contributed by atoms with E-state index in [0.717, 1.165) is 44.2 Å². The van der Waals surface area contributed by atoms with Crippen LogP contribution in [-0.4, -0.2) is 74.7 Å². The average Bonchev–Trinajstić information content (AvgIpc) is 2.62. The van der Waals surface area contributed by atoms with Crippen molar-refractivity contribution in [1.29, 1.82) is 0 Å². The van der Waals surface area contributed by atoms with Crippen LogP contribution in [0.5, 0.6) is 11.5 Å². The first-order valence-electron chi connectivity index (χ1n) is 9.64. The van der Waals surface area contributed by atoms with Gasteiger partial charge < -0.3 is 19.7 Å². The van der Waals surface area contributed by atoms with Crippen LogP contribution >= 0.6 is 0 Å². The molecular weight excluding hydrogens is 330 g/mol. The van der Waals surface area contributed by atoms with Crippen LogP contribution in [-0.2, 0) is 4.79 Å². The predicted octanol–water partition coefficient (Wildman–Crippen LogP) is 1.85. The molecule has 1 aliphatic rings. The van der Waals surface area contributed by atoms with E-state index in [1.807, 2.05) is 31.2 Å². The summed E-state index contributed by atoms with van der Waals surface area (Å²) >= 11 is 0. The standard InChI is InChI=1S/C20H33N3O3/c1-4-25-18-5-7-19(8-6-18)26-14-9-21-20(24)16-23-12-10-22(11-13-23)15-17(2)3/h5-8,17H,4,9-16H2,1-3H3,(H,21,24). The molecule has 0 unspecified atom stereocenters. The second-order valence-corrected chi connectivity index (χ2v) is 7.07. The van der Waals surface area contributed by atoms with Gasteiger partial charge in [0.15, 0.2) is 0 Å². The number of amides is 1. The van der Waals surface area contributed by atoms with Crippen molar-refractivity contribution in [3.8, 4) is 11.5 Å². The molecule has 0 bridgehead atoms. The van der Waals surface area contributed by atoms with Crippen molar-refractivity contribution in [1.82, 2.24) is 15.1 Å². The number of hydrogen-bond acceptors (Lipinski definition) is 5. The van der Waals surface area contributed by atoms with Crippen LogP contribution in [0.15, 0.2) is 24.3 Å². The summed E-state index contributed by atoms with van der Waals surface area (Å²) in [5, 5.41) is 2.93. The summed E-state index contributed by atoms with van der Waals surface area (Å²) in [7, 11) is 0. The third-order valence-electron chi connectivity index (χ3n) is 4.28. The lowest BCUT2D eigenvalue weighted by Crippen LogP contribution is -2.50. The molecule has 146 valence electrons. The average molecular weight is 364 g/mol. The molecule has 1 fully saturated rings. The van der Waals surface area contributed by atoms with Crippen LogP contribution in [0, 0.1) is 5.92 Å². The van der Waals surface area contributed by atoms with Gasteiger partial charge in [-0.3, -0.25) is 9.69 Å². The Kier molecular flexibility index (Phi) is 8.71. The molecule has 1 aliphatic heterocycles. The number of rotatable bonds is 10. The summed E-state index contributed by atoms with van der Waals surface area (Å²) < 4.78 is 11.0. The van der Waals surface area contributed by atoms with E-state index in [9.17, 15) is 4.79 Å². The van der Waals surface area contributed by atoms with E-state index in [1.165, 1.54) is 0 Å². The number of carbonyl (C=O) groups excluding carboxylic acids is 1. The van der Waals surface area contributed by atoms with Crippen molar-refractivity contribution in [2.24, 2.45) is 5.92 Å². The fraction of sp³-hybridized carbons (Fsp3) is 0.650. The quantitative estimate of drug-likeness (QED) is 0.643. The lowest BCUT2D eigenvalue weighted by Gasteiger charge is -2.35. The minimum atomic E-state index is 0.0672. The highest BCUT2D eigenvalue weighted by atomic mass is 16.5. The molecule has 26 heavy (non-hydrogen) atoms. The Balaban J connectivity index is 1.56. The second kappa shape index (κ2) is 11.0. The summed E-state index contributed by atoms with van der Waals surface area (Å²) in [6.07, 6.45) is 0. The smallest absolute Gasteiger partial charge is 0.234 e. The first-order valence-corrected chi connectivity index (χ1v) is 9.64. The van der Waals surface area contributed by atoms with Gasteiger partial charge in [0.1, 0.15) is 18.1 Å². The molecule has 6 heteroatoms. The fourth-order valence-corrected chi connectivity index (χ4v) is 3.06. The van der Waals surface area contributed by atoms with Gasteiger partial charge in [-0.05, 0) is 37.1 Å². The Hall–Kier alpha value is -1.79. The van der Waals surface area contributed by atoms with Crippen molar-refractivity contribution >= 4 is 5.91 Å².